The Hall–Kier alpha value is -1.63. The molecule has 1 aromatic carbocycles. The minimum absolute atomic E-state index is 0. The Morgan fingerprint density at radius 3 is 2.48 bits per heavy atom. The van der Waals surface area contributed by atoms with Crippen LogP contribution in [0.3, 0.4) is 0 Å². The third kappa shape index (κ3) is 5.92. The number of nitrogens with zero attached hydrogens (tertiary/aromatic N) is 2. The van der Waals surface area contributed by atoms with Gasteiger partial charge in [0.25, 0.3) is 0 Å². The van der Waals surface area contributed by atoms with Crippen molar-refractivity contribution in [2.24, 2.45) is 0 Å². The van der Waals surface area contributed by atoms with Gasteiger partial charge in [-0.15, -0.1) is 12.4 Å². The Labute approximate surface area is 168 Å². The molecular weight excluding hydrogens is 364 g/mol. The van der Waals surface area contributed by atoms with Crippen LogP contribution in [0.1, 0.15) is 36.9 Å². The summed E-state index contributed by atoms with van der Waals surface area (Å²) in [6, 6.07) is 8.24. The number of likely N-dealkylation sites (tertiary alicyclic amines) is 1. The van der Waals surface area contributed by atoms with Gasteiger partial charge in [-0.05, 0) is 18.9 Å². The van der Waals surface area contributed by atoms with E-state index in [0.29, 0.717) is 12.5 Å². The van der Waals surface area contributed by atoms with Crippen molar-refractivity contribution < 1.29 is 9.59 Å². The van der Waals surface area contributed by atoms with Gasteiger partial charge in [0, 0.05) is 52.2 Å². The summed E-state index contributed by atoms with van der Waals surface area (Å²) in [7, 11) is 0. The van der Waals surface area contributed by atoms with Crippen molar-refractivity contribution in [2.75, 3.05) is 39.3 Å². The Morgan fingerprint density at radius 2 is 1.85 bits per heavy atom. The maximum atomic E-state index is 12.8. The van der Waals surface area contributed by atoms with Gasteiger partial charge in [0.05, 0.1) is 12.5 Å². The van der Waals surface area contributed by atoms with E-state index >= 15 is 0 Å². The zero-order valence-corrected chi connectivity index (χ0v) is 17.1. The van der Waals surface area contributed by atoms with Crippen LogP contribution in [-0.2, 0) is 9.59 Å². The standard InChI is InChI=1S/C20H30N4O2.ClH/c1-15-3-5-17(6-4-15)19(22-16(2)25)13-20(26)24-10-7-18(14-24)23-11-8-21-9-12-23;/h3-6,18-19,21H,7-14H2,1-2H3,(H,22,25);1H. The molecule has 0 bridgehead atoms. The summed E-state index contributed by atoms with van der Waals surface area (Å²) in [5.74, 6) is 0.0189. The van der Waals surface area contributed by atoms with Crippen molar-refractivity contribution in [2.45, 2.75) is 38.8 Å². The Balaban J connectivity index is 0.00000261. The van der Waals surface area contributed by atoms with Gasteiger partial charge in [-0.1, -0.05) is 29.8 Å². The van der Waals surface area contributed by atoms with Crippen LogP contribution < -0.4 is 10.6 Å². The highest BCUT2D eigenvalue weighted by Crippen LogP contribution is 2.22. The van der Waals surface area contributed by atoms with E-state index < -0.39 is 0 Å². The first-order valence-electron chi connectivity index (χ1n) is 9.59. The highest BCUT2D eigenvalue weighted by molar-refractivity contribution is 5.85. The second kappa shape index (κ2) is 10.1. The van der Waals surface area contributed by atoms with E-state index in [1.54, 1.807) is 0 Å². The molecule has 2 unspecified atom stereocenters. The number of amides is 2. The smallest absolute Gasteiger partial charge is 0.225 e. The number of halogens is 1. The van der Waals surface area contributed by atoms with Gasteiger partial charge in [-0.2, -0.15) is 0 Å². The highest BCUT2D eigenvalue weighted by Gasteiger charge is 2.32. The van der Waals surface area contributed by atoms with Crippen LogP contribution in [0, 0.1) is 6.92 Å². The molecule has 0 aliphatic carbocycles. The normalized spacial score (nSPS) is 21.4. The number of rotatable bonds is 5. The Kier molecular flexibility index (Phi) is 8.07. The van der Waals surface area contributed by atoms with E-state index in [4.69, 9.17) is 0 Å². The summed E-state index contributed by atoms with van der Waals surface area (Å²) in [4.78, 5) is 28.9. The maximum Gasteiger partial charge on any atom is 0.225 e. The number of aryl methyl sites for hydroxylation is 1. The summed E-state index contributed by atoms with van der Waals surface area (Å²) in [6.45, 7) is 9.33. The van der Waals surface area contributed by atoms with E-state index in [-0.39, 0.29) is 30.3 Å². The van der Waals surface area contributed by atoms with Crippen molar-refractivity contribution in [1.29, 1.82) is 0 Å². The molecule has 0 spiro atoms. The zero-order chi connectivity index (χ0) is 18.5. The third-order valence-corrected chi connectivity index (χ3v) is 5.42. The van der Waals surface area contributed by atoms with Crippen LogP contribution in [-0.4, -0.2) is 66.9 Å². The first kappa shape index (κ1) is 21.7. The van der Waals surface area contributed by atoms with E-state index in [1.807, 2.05) is 36.1 Å². The zero-order valence-electron chi connectivity index (χ0n) is 16.2. The van der Waals surface area contributed by atoms with Crippen LogP contribution in [0.15, 0.2) is 24.3 Å². The molecule has 0 saturated carbocycles. The van der Waals surface area contributed by atoms with Gasteiger partial charge < -0.3 is 15.5 Å². The van der Waals surface area contributed by atoms with Crippen molar-refractivity contribution in [3.63, 3.8) is 0 Å². The Bertz CT molecular complexity index is 631. The molecule has 150 valence electrons. The Morgan fingerprint density at radius 1 is 1.19 bits per heavy atom. The molecule has 27 heavy (non-hydrogen) atoms. The summed E-state index contributed by atoms with van der Waals surface area (Å²) in [5, 5.41) is 6.32. The fourth-order valence-electron chi connectivity index (χ4n) is 3.91. The van der Waals surface area contributed by atoms with Crippen molar-refractivity contribution in [3.8, 4) is 0 Å². The summed E-state index contributed by atoms with van der Waals surface area (Å²) >= 11 is 0. The maximum absolute atomic E-state index is 12.8. The topological polar surface area (TPSA) is 64.7 Å². The average Bonchev–Trinajstić information content (AvgIpc) is 3.12. The van der Waals surface area contributed by atoms with E-state index in [1.165, 1.54) is 12.5 Å². The van der Waals surface area contributed by atoms with Crippen LogP contribution in [0.4, 0.5) is 0 Å². The van der Waals surface area contributed by atoms with Crippen LogP contribution >= 0.6 is 12.4 Å². The van der Waals surface area contributed by atoms with Crippen LogP contribution in [0.5, 0.6) is 0 Å². The van der Waals surface area contributed by atoms with E-state index in [0.717, 1.165) is 51.3 Å². The lowest BCUT2D eigenvalue weighted by atomic mass is 10.0. The minimum atomic E-state index is -0.265. The molecule has 2 aliphatic heterocycles. The lowest BCUT2D eigenvalue weighted by molar-refractivity contribution is -0.131. The lowest BCUT2D eigenvalue weighted by Crippen LogP contribution is -2.49. The number of carbonyl (C=O) groups is 2. The fourth-order valence-corrected chi connectivity index (χ4v) is 3.91. The summed E-state index contributed by atoms with van der Waals surface area (Å²) in [6.07, 6.45) is 1.36. The van der Waals surface area contributed by atoms with Gasteiger partial charge in [0.1, 0.15) is 0 Å². The van der Waals surface area contributed by atoms with E-state index in [9.17, 15) is 9.59 Å². The van der Waals surface area contributed by atoms with Gasteiger partial charge in [0.2, 0.25) is 11.8 Å². The number of carbonyl (C=O) groups excluding carboxylic acids is 2. The monoisotopic (exact) mass is 394 g/mol. The molecule has 2 N–H and O–H groups in total. The van der Waals surface area contributed by atoms with Crippen LogP contribution in [0.25, 0.3) is 0 Å². The molecule has 6 nitrogen and oxygen atoms in total. The molecule has 1 aromatic rings. The molecule has 2 aliphatic rings. The molecule has 2 amide bonds. The largest absolute Gasteiger partial charge is 0.349 e. The number of hydrogen-bond donors (Lipinski definition) is 2. The summed E-state index contributed by atoms with van der Waals surface area (Å²) in [5.41, 5.74) is 2.15. The van der Waals surface area contributed by atoms with Crippen molar-refractivity contribution in [1.82, 2.24) is 20.4 Å². The molecule has 2 heterocycles. The minimum Gasteiger partial charge on any atom is -0.349 e. The quantitative estimate of drug-likeness (QED) is 0.794. The first-order chi connectivity index (χ1) is 12.5. The van der Waals surface area contributed by atoms with Crippen molar-refractivity contribution in [3.05, 3.63) is 35.4 Å². The predicted octanol–water partition coefficient (Wildman–Crippen LogP) is 1.49. The van der Waals surface area contributed by atoms with Gasteiger partial charge >= 0.3 is 0 Å². The molecule has 0 radical (unpaired) electrons. The average molecular weight is 395 g/mol. The highest BCUT2D eigenvalue weighted by atomic mass is 35.5. The van der Waals surface area contributed by atoms with Gasteiger partial charge in [0.15, 0.2) is 0 Å². The number of hydrogen-bond acceptors (Lipinski definition) is 4. The number of benzene rings is 1. The molecule has 7 heteroatoms. The van der Waals surface area contributed by atoms with E-state index in [2.05, 4.69) is 15.5 Å². The molecule has 2 saturated heterocycles. The summed E-state index contributed by atoms with van der Waals surface area (Å²) < 4.78 is 0. The molecule has 2 fully saturated rings. The first-order valence-corrected chi connectivity index (χ1v) is 9.59. The number of nitrogens with one attached hydrogen (secondary N) is 2. The lowest BCUT2D eigenvalue weighted by Gasteiger charge is -2.32. The van der Waals surface area contributed by atoms with Crippen LogP contribution in [0.2, 0.25) is 0 Å². The number of piperazine rings is 1. The second-order valence-corrected chi connectivity index (χ2v) is 7.44. The molecule has 0 aromatic heterocycles. The molecular formula is C20H31ClN4O2. The fraction of sp³-hybridized carbons (Fsp3) is 0.600. The second-order valence-electron chi connectivity index (χ2n) is 7.44. The van der Waals surface area contributed by atoms with Gasteiger partial charge in [-0.3, -0.25) is 14.5 Å². The SMILES string of the molecule is CC(=O)NC(CC(=O)N1CCC(N2CCNCC2)C1)c1ccc(C)cc1.Cl. The van der Waals surface area contributed by atoms with Crippen molar-refractivity contribution >= 4 is 24.2 Å². The molecule has 2 atom stereocenters. The predicted molar refractivity (Wildman–Crippen MR) is 109 cm³/mol. The van der Waals surface area contributed by atoms with Gasteiger partial charge in [-0.25, -0.2) is 0 Å². The third-order valence-electron chi connectivity index (χ3n) is 5.42. The molecule has 3 rings (SSSR count).